The van der Waals surface area contributed by atoms with Crippen molar-refractivity contribution in [3.8, 4) is 0 Å². The van der Waals surface area contributed by atoms with Crippen LogP contribution in [0.5, 0.6) is 0 Å². The van der Waals surface area contributed by atoms with Crippen LogP contribution in [0.15, 0.2) is 18.2 Å². The first-order valence-corrected chi connectivity index (χ1v) is 7.51. The molecule has 0 fully saturated rings. The molecule has 1 aromatic rings. The molecule has 102 valence electrons. The van der Waals surface area contributed by atoms with Crippen molar-refractivity contribution in [3.63, 3.8) is 0 Å². The van der Waals surface area contributed by atoms with E-state index in [1.54, 1.807) is 0 Å². The van der Waals surface area contributed by atoms with Crippen molar-refractivity contribution in [2.45, 2.75) is 59.3 Å². The minimum atomic E-state index is 1.17. The van der Waals surface area contributed by atoms with E-state index in [2.05, 4.69) is 44.3 Å². The smallest absolute Gasteiger partial charge is 0.00489 e. The van der Waals surface area contributed by atoms with E-state index in [0.29, 0.717) is 0 Å². The molecule has 0 heterocycles. The number of aryl methyl sites for hydroxylation is 3. The Morgan fingerprint density at radius 3 is 2.44 bits per heavy atom. The van der Waals surface area contributed by atoms with E-state index in [1.165, 1.54) is 68.3 Å². The fourth-order valence-electron chi connectivity index (χ4n) is 2.35. The van der Waals surface area contributed by atoms with Gasteiger partial charge in [0.2, 0.25) is 0 Å². The summed E-state index contributed by atoms with van der Waals surface area (Å²) in [6.45, 7) is 8.98. The second-order valence-corrected chi connectivity index (χ2v) is 5.34. The van der Waals surface area contributed by atoms with Crippen LogP contribution >= 0.6 is 0 Å². The Morgan fingerprint density at radius 2 is 1.72 bits per heavy atom. The van der Waals surface area contributed by atoms with Gasteiger partial charge in [-0.1, -0.05) is 43.5 Å². The van der Waals surface area contributed by atoms with Gasteiger partial charge in [0.15, 0.2) is 0 Å². The van der Waals surface area contributed by atoms with Gasteiger partial charge in [0.25, 0.3) is 0 Å². The van der Waals surface area contributed by atoms with Gasteiger partial charge in [-0.05, 0) is 63.7 Å². The standard InChI is InChI=1S/C17H29N/c1-4-12-18-13-8-6-5-7-9-17-11-10-15(2)14-16(17)3/h10-11,14,18H,4-9,12-13H2,1-3H3. The van der Waals surface area contributed by atoms with Crippen LogP contribution in [0.4, 0.5) is 0 Å². The van der Waals surface area contributed by atoms with Crippen LogP contribution in [0.1, 0.15) is 55.7 Å². The second kappa shape index (κ2) is 9.16. The summed E-state index contributed by atoms with van der Waals surface area (Å²) in [5.74, 6) is 0. The average Bonchev–Trinajstić information content (AvgIpc) is 2.35. The molecule has 1 nitrogen and oxygen atoms in total. The van der Waals surface area contributed by atoms with E-state index >= 15 is 0 Å². The third-order valence-electron chi connectivity index (χ3n) is 3.47. The maximum absolute atomic E-state index is 3.46. The Labute approximate surface area is 113 Å². The van der Waals surface area contributed by atoms with Gasteiger partial charge in [0.05, 0.1) is 0 Å². The van der Waals surface area contributed by atoms with Crippen molar-refractivity contribution in [3.05, 3.63) is 34.9 Å². The van der Waals surface area contributed by atoms with Crippen molar-refractivity contribution in [1.29, 1.82) is 0 Å². The van der Waals surface area contributed by atoms with Gasteiger partial charge in [-0.3, -0.25) is 0 Å². The van der Waals surface area contributed by atoms with Gasteiger partial charge >= 0.3 is 0 Å². The first kappa shape index (κ1) is 15.2. The number of hydrogen-bond acceptors (Lipinski definition) is 1. The lowest BCUT2D eigenvalue weighted by atomic mass is 10.00. The van der Waals surface area contributed by atoms with Gasteiger partial charge < -0.3 is 5.32 Å². The Hall–Kier alpha value is -0.820. The van der Waals surface area contributed by atoms with Crippen LogP contribution in [0.25, 0.3) is 0 Å². The highest BCUT2D eigenvalue weighted by Crippen LogP contribution is 2.14. The molecule has 0 saturated heterocycles. The molecule has 1 aromatic carbocycles. The first-order chi connectivity index (χ1) is 8.74. The molecule has 0 aliphatic carbocycles. The molecule has 0 spiro atoms. The molecular weight excluding hydrogens is 218 g/mol. The van der Waals surface area contributed by atoms with E-state index in [0.717, 1.165) is 0 Å². The topological polar surface area (TPSA) is 12.0 Å². The van der Waals surface area contributed by atoms with Gasteiger partial charge in [-0.2, -0.15) is 0 Å². The molecular formula is C17H29N. The summed E-state index contributed by atoms with van der Waals surface area (Å²) >= 11 is 0. The van der Waals surface area contributed by atoms with Gasteiger partial charge in [-0.15, -0.1) is 0 Å². The molecule has 18 heavy (non-hydrogen) atoms. The summed E-state index contributed by atoms with van der Waals surface area (Å²) in [5, 5.41) is 3.46. The lowest BCUT2D eigenvalue weighted by Gasteiger charge is -2.07. The van der Waals surface area contributed by atoms with E-state index in [1.807, 2.05) is 0 Å². The lowest BCUT2D eigenvalue weighted by Crippen LogP contribution is -2.15. The Kier molecular flexibility index (Phi) is 7.75. The maximum Gasteiger partial charge on any atom is -0.00489 e. The molecule has 0 atom stereocenters. The average molecular weight is 247 g/mol. The molecule has 0 aromatic heterocycles. The molecule has 0 saturated carbocycles. The van der Waals surface area contributed by atoms with Crippen LogP contribution in [-0.4, -0.2) is 13.1 Å². The van der Waals surface area contributed by atoms with Gasteiger partial charge in [0.1, 0.15) is 0 Å². The number of nitrogens with one attached hydrogen (secondary N) is 1. The molecule has 1 N–H and O–H groups in total. The van der Waals surface area contributed by atoms with Crippen molar-refractivity contribution < 1.29 is 0 Å². The SMILES string of the molecule is CCCNCCCCCCc1ccc(C)cc1C. The summed E-state index contributed by atoms with van der Waals surface area (Å²) in [6, 6.07) is 6.83. The van der Waals surface area contributed by atoms with Crippen LogP contribution < -0.4 is 5.32 Å². The Bertz CT molecular complexity index is 330. The minimum absolute atomic E-state index is 1.17. The van der Waals surface area contributed by atoms with E-state index in [9.17, 15) is 0 Å². The third kappa shape index (κ3) is 6.20. The van der Waals surface area contributed by atoms with E-state index < -0.39 is 0 Å². The summed E-state index contributed by atoms with van der Waals surface area (Å²) in [7, 11) is 0. The minimum Gasteiger partial charge on any atom is -0.317 e. The summed E-state index contributed by atoms with van der Waals surface area (Å²) < 4.78 is 0. The quantitative estimate of drug-likeness (QED) is 0.638. The van der Waals surface area contributed by atoms with Crippen LogP contribution in [0.2, 0.25) is 0 Å². The summed E-state index contributed by atoms with van der Waals surface area (Å²) in [6.07, 6.45) is 7.87. The van der Waals surface area contributed by atoms with Crippen LogP contribution in [0.3, 0.4) is 0 Å². The zero-order valence-electron chi connectivity index (χ0n) is 12.4. The fraction of sp³-hybridized carbons (Fsp3) is 0.647. The third-order valence-corrected chi connectivity index (χ3v) is 3.47. The number of unbranched alkanes of at least 4 members (excludes halogenated alkanes) is 3. The zero-order chi connectivity index (χ0) is 13.2. The van der Waals surface area contributed by atoms with Crippen molar-refractivity contribution in [2.24, 2.45) is 0 Å². The van der Waals surface area contributed by atoms with Crippen molar-refractivity contribution >= 4 is 0 Å². The molecule has 0 unspecified atom stereocenters. The Morgan fingerprint density at radius 1 is 0.944 bits per heavy atom. The van der Waals surface area contributed by atoms with Crippen molar-refractivity contribution in [2.75, 3.05) is 13.1 Å². The molecule has 0 bridgehead atoms. The van der Waals surface area contributed by atoms with Crippen LogP contribution in [-0.2, 0) is 6.42 Å². The number of rotatable bonds is 9. The van der Waals surface area contributed by atoms with Crippen molar-refractivity contribution in [1.82, 2.24) is 5.32 Å². The van der Waals surface area contributed by atoms with Crippen LogP contribution in [0, 0.1) is 13.8 Å². The summed E-state index contributed by atoms with van der Waals surface area (Å²) in [4.78, 5) is 0. The molecule has 1 rings (SSSR count). The highest BCUT2D eigenvalue weighted by Gasteiger charge is 1.98. The highest BCUT2D eigenvalue weighted by atomic mass is 14.8. The first-order valence-electron chi connectivity index (χ1n) is 7.51. The zero-order valence-corrected chi connectivity index (χ0v) is 12.4. The second-order valence-electron chi connectivity index (χ2n) is 5.34. The predicted molar refractivity (Wildman–Crippen MR) is 81.2 cm³/mol. The molecule has 0 aliphatic heterocycles. The molecule has 0 radical (unpaired) electrons. The maximum atomic E-state index is 3.46. The van der Waals surface area contributed by atoms with E-state index in [-0.39, 0.29) is 0 Å². The molecule has 0 aliphatic rings. The lowest BCUT2D eigenvalue weighted by molar-refractivity contribution is 0.584. The fourth-order valence-corrected chi connectivity index (χ4v) is 2.35. The number of benzene rings is 1. The number of hydrogen-bond donors (Lipinski definition) is 1. The predicted octanol–water partition coefficient (Wildman–Crippen LogP) is 4.41. The molecule has 1 heteroatoms. The Balaban J connectivity index is 2.07. The monoisotopic (exact) mass is 247 g/mol. The van der Waals surface area contributed by atoms with Gasteiger partial charge in [0, 0.05) is 0 Å². The highest BCUT2D eigenvalue weighted by molar-refractivity contribution is 5.30. The van der Waals surface area contributed by atoms with Gasteiger partial charge in [-0.25, -0.2) is 0 Å². The summed E-state index contributed by atoms with van der Waals surface area (Å²) in [5.41, 5.74) is 4.36. The largest absolute Gasteiger partial charge is 0.317 e. The van der Waals surface area contributed by atoms with E-state index in [4.69, 9.17) is 0 Å². The normalized spacial score (nSPS) is 10.8. The molecule has 0 amide bonds.